The molecule has 0 atom stereocenters. The van der Waals surface area contributed by atoms with Crippen LogP contribution in [0.4, 0.5) is 0 Å². The van der Waals surface area contributed by atoms with E-state index in [0.717, 1.165) is 18.9 Å². The van der Waals surface area contributed by atoms with Crippen LogP contribution in [-0.4, -0.2) is 25.6 Å². The fourth-order valence-electron chi connectivity index (χ4n) is 2.84. The Morgan fingerprint density at radius 1 is 0.739 bits per heavy atom. The first-order valence-corrected chi connectivity index (χ1v) is 9.59. The van der Waals surface area contributed by atoms with Crippen molar-refractivity contribution in [3.8, 4) is 5.75 Å². The summed E-state index contributed by atoms with van der Waals surface area (Å²) >= 11 is 0. The molecule has 0 bridgehead atoms. The molecule has 0 radical (unpaired) electrons. The Morgan fingerprint density at radius 2 is 1.26 bits per heavy atom. The normalized spacial score (nSPS) is 11.1. The maximum absolute atomic E-state index is 5.82. The number of benzene rings is 1. The topological polar surface area (TPSA) is 12.5 Å². The summed E-state index contributed by atoms with van der Waals surface area (Å²) in [4.78, 5) is 2.18. The van der Waals surface area contributed by atoms with Gasteiger partial charge in [-0.05, 0) is 38.2 Å². The molecule has 0 N–H and O–H groups in total. The molecule has 132 valence electrons. The number of rotatable bonds is 14. The van der Waals surface area contributed by atoms with Crippen LogP contribution in [0.1, 0.15) is 76.7 Å². The highest BCUT2D eigenvalue weighted by atomic mass is 16.5. The van der Waals surface area contributed by atoms with Crippen molar-refractivity contribution in [2.24, 2.45) is 0 Å². The van der Waals surface area contributed by atoms with Crippen LogP contribution in [0.5, 0.6) is 5.75 Å². The third-order valence-electron chi connectivity index (χ3n) is 4.19. The Balaban J connectivity index is 1.94. The van der Waals surface area contributed by atoms with Crippen LogP contribution in [-0.2, 0) is 6.54 Å². The van der Waals surface area contributed by atoms with Gasteiger partial charge in [-0.25, -0.2) is 0 Å². The molecule has 0 aliphatic carbocycles. The van der Waals surface area contributed by atoms with Gasteiger partial charge in [0.1, 0.15) is 5.75 Å². The quantitative estimate of drug-likeness (QED) is 0.387. The van der Waals surface area contributed by atoms with E-state index in [1.807, 2.05) is 0 Å². The van der Waals surface area contributed by atoms with Crippen LogP contribution in [0.15, 0.2) is 24.3 Å². The van der Waals surface area contributed by atoms with Gasteiger partial charge in [-0.15, -0.1) is 0 Å². The molecule has 0 aliphatic rings. The van der Waals surface area contributed by atoms with Gasteiger partial charge in [0.25, 0.3) is 0 Å². The molecular weight excluding hydrogens is 282 g/mol. The first kappa shape index (κ1) is 20.0. The van der Waals surface area contributed by atoms with Gasteiger partial charge in [0.15, 0.2) is 0 Å². The molecule has 1 aromatic carbocycles. The van der Waals surface area contributed by atoms with Crippen molar-refractivity contribution in [2.45, 2.75) is 77.7 Å². The first-order chi connectivity index (χ1) is 11.2. The molecule has 0 fully saturated rings. The average molecular weight is 320 g/mol. The van der Waals surface area contributed by atoms with Gasteiger partial charge in [0.05, 0.1) is 6.61 Å². The predicted molar refractivity (Wildman–Crippen MR) is 101 cm³/mol. The first-order valence-electron chi connectivity index (χ1n) is 9.59. The second-order valence-corrected chi connectivity index (χ2v) is 6.91. The lowest BCUT2D eigenvalue weighted by molar-refractivity contribution is 0.304. The second kappa shape index (κ2) is 13.4. The number of unbranched alkanes of at least 4 members (excludes halogenated alkanes) is 9. The zero-order valence-corrected chi connectivity index (χ0v) is 15.7. The summed E-state index contributed by atoms with van der Waals surface area (Å²) in [6, 6.07) is 8.51. The lowest BCUT2D eigenvalue weighted by atomic mass is 10.1. The molecule has 2 heteroatoms. The third kappa shape index (κ3) is 11.2. The van der Waals surface area contributed by atoms with Gasteiger partial charge in [-0.3, -0.25) is 0 Å². The molecule has 0 spiro atoms. The SMILES string of the molecule is CCCCCCCCCCCCOc1ccc(CN(C)C)cc1. The molecule has 0 unspecified atom stereocenters. The smallest absolute Gasteiger partial charge is 0.119 e. The van der Waals surface area contributed by atoms with Gasteiger partial charge in [0.2, 0.25) is 0 Å². The van der Waals surface area contributed by atoms with Crippen molar-refractivity contribution in [3.63, 3.8) is 0 Å². The molecule has 0 aliphatic heterocycles. The van der Waals surface area contributed by atoms with Gasteiger partial charge in [0, 0.05) is 6.54 Å². The van der Waals surface area contributed by atoms with Crippen molar-refractivity contribution < 1.29 is 4.74 Å². The Hall–Kier alpha value is -1.02. The molecule has 2 nitrogen and oxygen atoms in total. The molecule has 1 rings (SSSR count). The van der Waals surface area contributed by atoms with Crippen molar-refractivity contribution in [1.29, 1.82) is 0 Å². The Bertz CT molecular complexity index is 372. The third-order valence-corrected chi connectivity index (χ3v) is 4.19. The Labute approximate surface area is 144 Å². The summed E-state index contributed by atoms with van der Waals surface area (Å²) in [5.41, 5.74) is 1.33. The van der Waals surface area contributed by atoms with Crippen LogP contribution >= 0.6 is 0 Å². The van der Waals surface area contributed by atoms with E-state index in [9.17, 15) is 0 Å². The second-order valence-electron chi connectivity index (χ2n) is 6.91. The molecule has 0 saturated carbocycles. The molecule has 0 saturated heterocycles. The van der Waals surface area contributed by atoms with Crippen molar-refractivity contribution in [2.75, 3.05) is 20.7 Å². The van der Waals surface area contributed by atoms with E-state index in [-0.39, 0.29) is 0 Å². The van der Waals surface area contributed by atoms with E-state index in [1.165, 1.54) is 69.8 Å². The fraction of sp³-hybridized carbons (Fsp3) is 0.714. The zero-order chi connectivity index (χ0) is 16.8. The van der Waals surface area contributed by atoms with E-state index in [2.05, 4.69) is 50.2 Å². The molecular formula is C21H37NO. The lowest BCUT2D eigenvalue weighted by Gasteiger charge is -2.10. The summed E-state index contributed by atoms with van der Waals surface area (Å²) in [5, 5.41) is 0. The summed E-state index contributed by atoms with van der Waals surface area (Å²) in [6.07, 6.45) is 13.7. The zero-order valence-electron chi connectivity index (χ0n) is 15.7. The average Bonchev–Trinajstić information content (AvgIpc) is 2.53. The van der Waals surface area contributed by atoms with Crippen LogP contribution in [0.2, 0.25) is 0 Å². The van der Waals surface area contributed by atoms with Crippen LogP contribution in [0, 0.1) is 0 Å². The minimum absolute atomic E-state index is 0.851. The minimum atomic E-state index is 0.851. The number of nitrogens with zero attached hydrogens (tertiary/aromatic N) is 1. The molecule has 1 aromatic rings. The van der Waals surface area contributed by atoms with Crippen LogP contribution in [0.25, 0.3) is 0 Å². The highest BCUT2D eigenvalue weighted by molar-refractivity contribution is 5.27. The van der Waals surface area contributed by atoms with Gasteiger partial charge in [-0.2, -0.15) is 0 Å². The standard InChI is InChI=1S/C21H37NO/c1-4-5-6-7-8-9-10-11-12-13-18-23-21-16-14-20(15-17-21)19-22(2)3/h14-17H,4-13,18-19H2,1-3H3. The van der Waals surface area contributed by atoms with Gasteiger partial charge < -0.3 is 9.64 Å². The van der Waals surface area contributed by atoms with E-state index in [0.29, 0.717) is 0 Å². The number of ether oxygens (including phenoxy) is 1. The van der Waals surface area contributed by atoms with E-state index < -0.39 is 0 Å². The lowest BCUT2D eigenvalue weighted by Crippen LogP contribution is -2.10. The van der Waals surface area contributed by atoms with Crippen molar-refractivity contribution >= 4 is 0 Å². The van der Waals surface area contributed by atoms with Crippen molar-refractivity contribution in [3.05, 3.63) is 29.8 Å². The van der Waals surface area contributed by atoms with Gasteiger partial charge >= 0.3 is 0 Å². The largest absolute Gasteiger partial charge is 0.494 e. The maximum atomic E-state index is 5.82. The van der Waals surface area contributed by atoms with E-state index in [4.69, 9.17) is 4.74 Å². The predicted octanol–water partition coefficient (Wildman–Crippen LogP) is 6.05. The highest BCUT2D eigenvalue weighted by Gasteiger charge is 1.98. The summed E-state index contributed by atoms with van der Waals surface area (Å²) < 4.78 is 5.82. The van der Waals surface area contributed by atoms with Crippen molar-refractivity contribution in [1.82, 2.24) is 4.90 Å². The molecule has 0 aromatic heterocycles. The molecule has 0 heterocycles. The minimum Gasteiger partial charge on any atom is -0.494 e. The fourth-order valence-corrected chi connectivity index (χ4v) is 2.84. The summed E-state index contributed by atoms with van der Waals surface area (Å²) in [6.45, 7) is 4.11. The highest BCUT2D eigenvalue weighted by Crippen LogP contribution is 2.14. The molecule has 0 amide bonds. The Kier molecular flexibility index (Phi) is 11.7. The number of hydrogen-bond acceptors (Lipinski definition) is 2. The van der Waals surface area contributed by atoms with Crippen LogP contribution in [0.3, 0.4) is 0 Å². The van der Waals surface area contributed by atoms with Crippen LogP contribution < -0.4 is 4.74 Å². The van der Waals surface area contributed by atoms with E-state index >= 15 is 0 Å². The summed E-state index contributed by atoms with van der Waals surface area (Å²) in [7, 11) is 4.19. The Morgan fingerprint density at radius 3 is 1.78 bits per heavy atom. The maximum Gasteiger partial charge on any atom is 0.119 e. The monoisotopic (exact) mass is 319 g/mol. The van der Waals surface area contributed by atoms with E-state index in [1.54, 1.807) is 0 Å². The summed E-state index contributed by atoms with van der Waals surface area (Å²) in [5.74, 6) is 1.00. The number of hydrogen-bond donors (Lipinski definition) is 0. The molecule has 23 heavy (non-hydrogen) atoms. The van der Waals surface area contributed by atoms with Gasteiger partial charge in [-0.1, -0.05) is 76.8 Å².